The molecule has 0 bridgehead atoms. The molecule has 0 aliphatic carbocycles. The molecule has 0 spiro atoms. The van der Waals surface area contributed by atoms with Crippen LogP contribution in [0.1, 0.15) is 6.92 Å². The maximum atomic E-state index is 11.9. The summed E-state index contributed by atoms with van der Waals surface area (Å²) in [6.07, 6.45) is 0. The van der Waals surface area contributed by atoms with Gasteiger partial charge in [-0.15, -0.1) is 5.10 Å². The quantitative estimate of drug-likeness (QED) is 0.727. The molecule has 2 rings (SSSR count). The highest BCUT2D eigenvalue weighted by Gasteiger charge is 2.36. The van der Waals surface area contributed by atoms with Crippen LogP contribution in [0.4, 0.5) is 5.82 Å². The van der Waals surface area contributed by atoms with Gasteiger partial charge in [-0.2, -0.15) is 0 Å². The highest BCUT2D eigenvalue weighted by molar-refractivity contribution is 5.70. The smallest absolute Gasteiger partial charge is 0.346 e. The molecule has 1 N–H and O–H groups in total. The molecule has 1 fully saturated rings. The number of aromatic nitrogens is 3. The first kappa shape index (κ1) is 13.3. The molecule has 0 aromatic carbocycles. The van der Waals surface area contributed by atoms with Gasteiger partial charge in [0.1, 0.15) is 0 Å². The maximum absolute atomic E-state index is 11.9. The van der Waals surface area contributed by atoms with Crippen molar-refractivity contribution in [3.63, 3.8) is 0 Å². The molecule has 8 heteroatoms. The normalized spacial score (nSPS) is 17.1. The van der Waals surface area contributed by atoms with Crippen LogP contribution in [0, 0.1) is 11.8 Å². The highest BCUT2D eigenvalue weighted by Crippen LogP contribution is 2.26. The maximum Gasteiger partial charge on any atom is 0.346 e. The molecule has 0 amide bonds. The van der Waals surface area contributed by atoms with Gasteiger partial charge in [-0.05, 0) is 0 Å². The first-order valence-corrected chi connectivity index (χ1v) is 5.95. The first-order valence-electron chi connectivity index (χ1n) is 5.95. The molecule has 1 aromatic rings. The molecule has 0 saturated carbocycles. The summed E-state index contributed by atoms with van der Waals surface area (Å²) >= 11 is 0. The van der Waals surface area contributed by atoms with Crippen molar-refractivity contribution in [1.29, 1.82) is 0 Å². The molecular weight excluding hydrogens is 252 g/mol. The summed E-state index contributed by atoms with van der Waals surface area (Å²) in [6, 6.07) is 0. The summed E-state index contributed by atoms with van der Waals surface area (Å²) in [5.74, 6) is -1.10. The van der Waals surface area contributed by atoms with Crippen molar-refractivity contribution in [3.8, 4) is 0 Å². The minimum Gasteiger partial charge on any atom is -0.481 e. The summed E-state index contributed by atoms with van der Waals surface area (Å²) in [7, 11) is 2.87. The first-order chi connectivity index (χ1) is 8.82. The van der Waals surface area contributed by atoms with Gasteiger partial charge in [-0.25, -0.2) is 9.48 Å². The van der Waals surface area contributed by atoms with E-state index in [-0.39, 0.29) is 11.7 Å². The Bertz CT molecular complexity index is 627. The number of aryl methyl sites for hydroxylation is 1. The van der Waals surface area contributed by atoms with Gasteiger partial charge in [-0.1, -0.05) is 6.92 Å². The number of hydrogen-bond donors (Lipinski definition) is 1. The molecule has 2 heterocycles. The van der Waals surface area contributed by atoms with E-state index >= 15 is 0 Å². The largest absolute Gasteiger partial charge is 0.481 e. The van der Waals surface area contributed by atoms with E-state index in [0.29, 0.717) is 13.1 Å². The number of carboxylic acids is 1. The van der Waals surface area contributed by atoms with Gasteiger partial charge in [-0.3, -0.25) is 14.2 Å². The minimum absolute atomic E-state index is 0.00115. The van der Waals surface area contributed by atoms with E-state index in [9.17, 15) is 14.4 Å². The molecule has 1 saturated heterocycles. The predicted octanol–water partition coefficient (Wildman–Crippen LogP) is -1.36. The Morgan fingerprint density at radius 3 is 2.47 bits per heavy atom. The monoisotopic (exact) mass is 268 g/mol. The number of carbonyl (C=O) groups is 1. The summed E-state index contributed by atoms with van der Waals surface area (Å²) in [4.78, 5) is 36.0. The molecule has 1 atom stereocenters. The van der Waals surface area contributed by atoms with Gasteiger partial charge in [0.25, 0.3) is 5.56 Å². The predicted molar refractivity (Wildman–Crippen MR) is 67.2 cm³/mol. The van der Waals surface area contributed by atoms with E-state index in [4.69, 9.17) is 5.11 Å². The lowest BCUT2D eigenvalue weighted by atomic mass is 9.87. The lowest BCUT2D eigenvalue weighted by Gasteiger charge is -2.41. The highest BCUT2D eigenvalue weighted by atomic mass is 16.4. The van der Waals surface area contributed by atoms with Crippen molar-refractivity contribution in [1.82, 2.24) is 14.3 Å². The average Bonchev–Trinajstić information content (AvgIpc) is 2.30. The SMILES string of the molecule is CC(C(=O)O)C1CN(c2nn(C)c(=O)n(C)c2=O)C1. The molecule has 104 valence electrons. The van der Waals surface area contributed by atoms with Crippen LogP contribution >= 0.6 is 0 Å². The lowest BCUT2D eigenvalue weighted by Crippen LogP contribution is -2.55. The van der Waals surface area contributed by atoms with Gasteiger partial charge >= 0.3 is 11.7 Å². The third kappa shape index (κ3) is 2.13. The topological polar surface area (TPSA) is 97.4 Å². The number of anilines is 1. The Morgan fingerprint density at radius 1 is 1.37 bits per heavy atom. The van der Waals surface area contributed by atoms with E-state index in [1.54, 1.807) is 11.8 Å². The molecule has 1 unspecified atom stereocenters. The Kier molecular flexibility index (Phi) is 3.17. The van der Waals surface area contributed by atoms with Crippen LogP contribution in [0.15, 0.2) is 9.59 Å². The van der Waals surface area contributed by atoms with Gasteiger partial charge in [0.15, 0.2) is 0 Å². The van der Waals surface area contributed by atoms with Crippen molar-refractivity contribution < 1.29 is 9.90 Å². The van der Waals surface area contributed by atoms with Crippen molar-refractivity contribution in [2.75, 3.05) is 18.0 Å². The average molecular weight is 268 g/mol. The summed E-state index contributed by atoms with van der Waals surface area (Å²) in [5.41, 5.74) is -0.936. The molecule has 1 aromatic heterocycles. The van der Waals surface area contributed by atoms with Crippen LogP contribution < -0.4 is 16.1 Å². The molecule has 19 heavy (non-hydrogen) atoms. The van der Waals surface area contributed by atoms with E-state index < -0.39 is 23.1 Å². The lowest BCUT2D eigenvalue weighted by molar-refractivity contribution is -0.143. The van der Waals surface area contributed by atoms with Crippen molar-refractivity contribution in [2.24, 2.45) is 25.9 Å². The van der Waals surface area contributed by atoms with E-state index in [1.807, 2.05) is 0 Å². The van der Waals surface area contributed by atoms with Gasteiger partial charge in [0.2, 0.25) is 5.82 Å². The minimum atomic E-state index is -0.842. The van der Waals surface area contributed by atoms with E-state index in [1.165, 1.54) is 14.1 Å². The molecule has 0 radical (unpaired) electrons. The summed E-state index contributed by atoms with van der Waals surface area (Å²) < 4.78 is 2.10. The van der Waals surface area contributed by atoms with Crippen molar-refractivity contribution in [3.05, 3.63) is 20.8 Å². The van der Waals surface area contributed by atoms with Crippen LogP contribution in [0.5, 0.6) is 0 Å². The van der Waals surface area contributed by atoms with Gasteiger partial charge in [0, 0.05) is 33.1 Å². The van der Waals surface area contributed by atoms with Crippen molar-refractivity contribution in [2.45, 2.75) is 6.92 Å². The zero-order chi connectivity index (χ0) is 14.3. The van der Waals surface area contributed by atoms with Crippen LogP contribution in [-0.4, -0.2) is 38.5 Å². The second-order valence-corrected chi connectivity index (χ2v) is 4.89. The number of nitrogens with zero attached hydrogens (tertiary/aromatic N) is 4. The van der Waals surface area contributed by atoms with E-state index in [2.05, 4.69) is 5.10 Å². The third-order valence-electron chi connectivity index (χ3n) is 3.61. The second-order valence-electron chi connectivity index (χ2n) is 4.89. The fraction of sp³-hybridized carbons (Fsp3) is 0.636. The molecule has 1 aliphatic rings. The fourth-order valence-corrected chi connectivity index (χ4v) is 2.08. The van der Waals surface area contributed by atoms with E-state index in [0.717, 1.165) is 9.25 Å². The zero-order valence-corrected chi connectivity index (χ0v) is 11.0. The van der Waals surface area contributed by atoms with Crippen LogP contribution in [0.3, 0.4) is 0 Å². The van der Waals surface area contributed by atoms with Crippen LogP contribution in [-0.2, 0) is 18.9 Å². The van der Waals surface area contributed by atoms with Crippen LogP contribution in [0.2, 0.25) is 0 Å². The Morgan fingerprint density at radius 2 is 1.95 bits per heavy atom. The Labute approximate surface area is 108 Å². The Hall–Kier alpha value is -2.12. The second kappa shape index (κ2) is 4.52. The van der Waals surface area contributed by atoms with Gasteiger partial charge < -0.3 is 10.0 Å². The molecule has 8 nitrogen and oxygen atoms in total. The van der Waals surface area contributed by atoms with Crippen molar-refractivity contribution >= 4 is 11.8 Å². The number of hydrogen-bond acceptors (Lipinski definition) is 5. The summed E-state index contributed by atoms with van der Waals surface area (Å²) in [6.45, 7) is 2.58. The number of rotatable bonds is 3. The van der Waals surface area contributed by atoms with Gasteiger partial charge in [0.05, 0.1) is 5.92 Å². The van der Waals surface area contributed by atoms with Crippen LogP contribution in [0.25, 0.3) is 0 Å². The summed E-state index contributed by atoms with van der Waals surface area (Å²) in [5, 5.41) is 12.9. The molecule has 1 aliphatic heterocycles. The standard InChI is InChI=1S/C11H16N4O4/c1-6(10(17)18)7-4-15(5-7)8-9(16)13(2)11(19)14(3)12-8/h6-7H,4-5H2,1-3H3,(H,17,18). The zero-order valence-electron chi connectivity index (χ0n) is 11.0. The molecular formula is C11H16N4O4. The fourth-order valence-electron chi connectivity index (χ4n) is 2.08. The third-order valence-corrected chi connectivity index (χ3v) is 3.61. The number of aliphatic carboxylic acids is 1. The number of carboxylic acid groups (broad SMARTS) is 1. The Balaban J connectivity index is 2.22.